The number of likely N-dealkylation sites (tertiary alicyclic amines) is 1. The molecule has 19 nitrogen and oxygen atoms in total. The van der Waals surface area contributed by atoms with Crippen LogP contribution in [0.2, 0.25) is 0 Å². The van der Waals surface area contributed by atoms with Crippen LogP contribution in [0.5, 0.6) is 5.88 Å². The molecule has 3 N–H and O–H groups in total. The number of hydrogen-bond donors (Lipinski definition) is 3. The van der Waals surface area contributed by atoms with Gasteiger partial charge in [-0.3, -0.25) is 38.7 Å². The summed E-state index contributed by atoms with van der Waals surface area (Å²) in [5.41, 5.74) is 9.38. The minimum Gasteiger partial charge on any atom is -0.478 e. The zero-order valence-electron chi connectivity index (χ0n) is 44.1. The van der Waals surface area contributed by atoms with E-state index in [4.69, 9.17) is 9.72 Å². The number of hydrogen-bond acceptors (Lipinski definition) is 14. The molecule has 0 radical (unpaired) electrons. The van der Waals surface area contributed by atoms with Crippen molar-refractivity contribution in [1.29, 1.82) is 0 Å². The van der Waals surface area contributed by atoms with Crippen molar-refractivity contribution in [2.45, 2.75) is 110 Å². The molecule has 8 heterocycles. The Balaban J connectivity index is 0.778. The summed E-state index contributed by atoms with van der Waals surface area (Å²) in [7, 11) is 3.00. The summed E-state index contributed by atoms with van der Waals surface area (Å²) in [6.07, 6.45) is 8.75. The van der Waals surface area contributed by atoms with Crippen molar-refractivity contribution in [2.75, 3.05) is 72.2 Å². The summed E-state index contributed by atoms with van der Waals surface area (Å²) in [5, 5.41) is 17.3. The van der Waals surface area contributed by atoms with Gasteiger partial charge in [0.15, 0.2) is 5.82 Å². The summed E-state index contributed by atoms with van der Waals surface area (Å²) in [6, 6.07) is 15.4. The number of benzene rings is 2. The largest absolute Gasteiger partial charge is 0.478 e. The minimum atomic E-state index is -0.647. The second-order valence-electron chi connectivity index (χ2n) is 21.9. The average Bonchev–Trinajstić information content (AvgIpc) is 4.06. The van der Waals surface area contributed by atoms with E-state index in [1.54, 1.807) is 28.3 Å². The van der Waals surface area contributed by atoms with Crippen molar-refractivity contribution >= 4 is 63.9 Å². The molecule has 0 spiro atoms. The number of aliphatic hydroxyl groups is 1. The number of piperazine rings is 1. The minimum absolute atomic E-state index is 0.0963. The highest BCUT2D eigenvalue weighted by atomic mass is 16.5. The second-order valence-corrected chi connectivity index (χ2v) is 21.9. The third-order valence-corrected chi connectivity index (χ3v) is 16.6. The lowest BCUT2D eigenvalue weighted by atomic mass is 9.90. The maximum atomic E-state index is 14.1. The van der Waals surface area contributed by atoms with E-state index in [0.29, 0.717) is 83.2 Å². The first-order valence-electron chi connectivity index (χ1n) is 26.4. The molecule has 3 saturated heterocycles. The van der Waals surface area contributed by atoms with Gasteiger partial charge in [0.1, 0.15) is 17.6 Å². The lowest BCUT2D eigenvalue weighted by Crippen LogP contribution is -2.58. The Morgan fingerprint density at radius 2 is 1.72 bits per heavy atom. The first-order chi connectivity index (χ1) is 36.6. The Hall–Kier alpha value is -7.64. The van der Waals surface area contributed by atoms with E-state index in [9.17, 15) is 29.1 Å². The number of pyridine rings is 1. The SMILES string of the molecule is C=CC(=O)Nc1cc(Nc2nc(-c3ccnc(N4CCn5c(cc6c5CC(C)(C)C6)C4=O)c3CO)cnc2OC)ccc1N1CCN(C2CCN(c3cccc4c3CN(C3CCC(=O)N(C)C3=O)C4=O)[C@@H](C)C2)C[C@@H]1C. The maximum Gasteiger partial charge on any atom is 0.276 e. The highest BCUT2D eigenvalue weighted by Gasteiger charge is 2.44. The first kappa shape index (κ1) is 50.5. The first-order valence-corrected chi connectivity index (χ1v) is 26.4. The van der Waals surface area contributed by atoms with Gasteiger partial charge in [0.05, 0.1) is 37.0 Å². The van der Waals surface area contributed by atoms with Crippen LogP contribution in [0.25, 0.3) is 11.3 Å². The van der Waals surface area contributed by atoms with Crippen LogP contribution < -0.4 is 30.1 Å². The Morgan fingerprint density at radius 3 is 2.49 bits per heavy atom. The van der Waals surface area contributed by atoms with Crippen LogP contribution in [0.1, 0.15) is 96.6 Å². The molecule has 4 atom stereocenters. The number of nitrogens with zero attached hydrogens (tertiary/aromatic N) is 10. The fourth-order valence-electron chi connectivity index (χ4n) is 12.8. The van der Waals surface area contributed by atoms with E-state index in [0.717, 1.165) is 73.7 Å². The van der Waals surface area contributed by atoms with E-state index in [2.05, 4.69) is 80.2 Å². The summed E-state index contributed by atoms with van der Waals surface area (Å²) in [5.74, 6) is -0.290. The number of methoxy groups -OCH3 is 1. The number of nitrogens with one attached hydrogen (secondary N) is 2. The predicted molar refractivity (Wildman–Crippen MR) is 289 cm³/mol. The molecular formula is C57H66N12O7. The van der Waals surface area contributed by atoms with Gasteiger partial charge in [-0.2, -0.15) is 0 Å². The molecule has 11 rings (SSSR count). The number of carbonyl (C=O) groups is 5. The van der Waals surface area contributed by atoms with Crippen molar-refractivity contribution < 1.29 is 33.8 Å². The summed E-state index contributed by atoms with van der Waals surface area (Å²) in [4.78, 5) is 92.2. The highest BCUT2D eigenvalue weighted by molar-refractivity contribution is 6.07. The van der Waals surface area contributed by atoms with Crippen LogP contribution >= 0.6 is 0 Å². The summed E-state index contributed by atoms with van der Waals surface area (Å²) >= 11 is 0. The number of amides is 5. The van der Waals surface area contributed by atoms with Crippen molar-refractivity contribution in [1.82, 2.24) is 34.2 Å². The molecule has 5 aromatic rings. The van der Waals surface area contributed by atoms with Gasteiger partial charge < -0.3 is 39.7 Å². The molecule has 6 aliphatic rings. The Bertz CT molecular complexity index is 3210. The normalized spacial score (nSPS) is 22.4. The predicted octanol–water partition coefficient (Wildman–Crippen LogP) is 6.17. The van der Waals surface area contributed by atoms with Crippen LogP contribution in [0, 0.1) is 5.41 Å². The number of fused-ring (bicyclic) bond motifs is 4. The highest BCUT2D eigenvalue weighted by Crippen LogP contribution is 2.42. The third kappa shape index (κ3) is 8.91. The van der Waals surface area contributed by atoms with E-state index < -0.39 is 6.04 Å². The Labute approximate surface area is 442 Å². The van der Waals surface area contributed by atoms with Gasteiger partial charge in [-0.15, -0.1) is 0 Å². The monoisotopic (exact) mass is 1030 g/mol. The molecule has 3 fully saturated rings. The fraction of sp³-hybridized carbons (Fsp3) is 0.439. The van der Waals surface area contributed by atoms with Gasteiger partial charge in [-0.05, 0) is 105 Å². The zero-order valence-corrected chi connectivity index (χ0v) is 44.1. The number of imide groups is 1. The second kappa shape index (κ2) is 19.8. The van der Waals surface area contributed by atoms with Gasteiger partial charge in [0, 0.05) is 123 Å². The standard InChI is InChI=1S/C57H66N12O7/c1-8-49(71)61-42-26-36(60-51-53(76-7)59-29-43(62-51)38-16-18-58-52(41(38)32-70)68-23-22-67-47(56(68)75)25-35-27-57(4,5)28-48(35)67)12-13-45(42)66-21-20-64(30-34(66)3)37-17-19-65(33(2)24-37)44-11-9-10-39-40(44)31-69(54(39)73)46-14-15-50(72)63(6)55(46)74/h8-13,16,18,25-26,29,33-34,37,46,70H,1,14-15,17,19-24,27-28,30-32H2,2-7H3,(H,60,62)(H,61,71)/t33-,34-,37?,46?/m0/s1. The van der Waals surface area contributed by atoms with Gasteiger partial charge >= 0.3 is 0 Å². The van der Waals surface area contributed by atoms with Crippen LogP contribution in [-0.2, 0) is 46.9 Å². The van der Waals surface area contributed by atoms with E-state index in [-0.39, 0.29) is 65.9 Å². The van der Waals surface area contributed by atoms with Gasteiger partial charge in [-0.25, -0.2) is 15.0 Å². The maximum absolute atomic E-state index is 14.1. The third-order valence-electron chi connectivity index (χ3n) is 16.6. The number of piperidine rings is 2. The number of likely N-dealkylation sites (N-methyl/N-ethyl adjacent to an activating group) is 1. The summed E-state index contributed by atoms with van der Waals surface area (Å²) < 4.78 is 7.83. The number of aliphatic hydroxyl groups excluding tert-OH is 1. The molecule has 396 valence electrons. The van der Waals surface area contributed by atoms with Crippen molar-refractivity contribution in [3.63, 3.8) is 0 Å². The Morgan fingerprint density at radius 1 is 0.908 bits per heavy atom. The van der Waals surface area contributed by atoms with E-state index in [1.165, 1.54) is 31.5 Å². The van der Waals surface area contributed by atoms with Crippen LogP contribution in [0.4, 0.5) is 34.4 Å². The number of anilines is 6. The topological polar surface area (TPSA) is 202 Å². The molecule has 2 unspecified atom stereocenters. The molecule has 19 heteroatoms. The molecular weight excluding hydrogens is 965 g/mol. The van der Waals surface area contributed by atoms with Crippen LogP contribution in [-0.4, -0.2) is 140 Å². The van der Waals surface area contributed by atoms with Crippen LogP contribution in [0.15, 0.2) is 73.6 Å². The molecule has 76 heavy (non-hydrogen) atoms. The summed E-state index contributed by atoms with van der Waals surface area (Å²) in [6.45, 7) is 16.8. The van der Waals surface area contributed by atoms with Crippen molar-refractivity contribution in [3.8, 4) is 17.1 Å². The average molecular weight is 1030 g/mol. The fourth-order valence-corrected chi connectivity index (χ4v) is 12.8. The Kier molecular flexibility index (Phi) is 13.2. The number of aromatic nitrogens is 4. The zero-order chi connectivity index (χ0) is 53.3. The van der Waals surface area contributed by atoms with Crippen molar-refractivity contribution in [3.05, 3.63) is 107 Å². The lowest BCUT2D eigenvalue weighted by Gasteiger charge is -2.48. The number of ether oxygens (including phenoxy) is 1. The smallest absolute Gasteiger partial charge is 0.276 e. The molecule has 2 aromatic carbocycles. The van der Waals surface area contributed by atoms with E-state index >= 15 is 0 Å². The van der Waals surface area contributed by atoms with Gasteiger partial charge in [0.2, 0.25) is 11.8 Å². The van der Waals surface area contributed by atoms with Gasteiger partial charge in [-0.1, -0.05) is 26.5 Å². The van der Waals surface area contributed by atoms with Gasteiger partial charge in [0.25, 0.3) is 23.6 Å². The quantitative estimate of drug-likeness (QED) is 0.0947. The number of rotatable bonds is 12. The van der Waals surface area contributed by atoms with E-state index in [1.807, 2.05) is 36.4 Å². The number of carbonyl (C=O) groups excluding carboxylic acids is 5. The lowest BCUT2D eigenvalue weighted by molar-refractivity contribution is -0.150. The molecule has 0 bridgehead atoms. The molecule has 0 saturated carbocycles. The molecule has 3 aromatic heterocycles. The molecule has 5 aliphatic heterocycles. The van der Waals surface area contributed by atoms with Crippen LogP contribution in [0.3, 0.4) is 0 Å². The molecule has 5 amide bonds. The molecule has 1 aliphatic carbocycles. The van der Waals surface area contributed by atoms with Crippen molar-refractivity contribution in [2.24, 2.45) is 5.41 Å².